The maximum absolute atomic E-state index is 13.9. The average molecular weight is 441 g/mol. The van der Waals surface area contributed by atoms with Crippen LogP contribution in [0.2, 0.25) is 0 Å². The Kier molecular flexibility index (Phi) is 5.04. The quantitative estimate of drug-likeness (QED) is 0.387. The molecule has 0 amide bonds. The smallest absolute Gasteiger partial charge is 0.354 e. The predicted octanol–water partition coefficient (Wildman–Crippen LogP) is 6.40. The fourth-order valence-corrected chi connectivity index (χ4v) is 5.03. The minimum absolute atomic E-state index is 0.0610. The van der Waals surface area contributed by atoms with Gasteiger partial charge in [0.2, 0.25) is 0 Å². The number of hydrogen-bond acceptors (Lipinski definition) is 2. The highest BCUT2D eigenvalue weighted by molar-refractivity contribution is 5.92. The van der Waals surface area contributed by atoms with E-state index in [1.807, 2.05) is 0 Å². The van der Waals surface area contributed by atoms with Crippen LogP contribution in [0.5, 0.6) is 0 Å². The van der Waals surface area contributed by atoms with Crippen molar-refractivity contribution < 1.29 is 13.2 Å². The van der Waals surface area contributed by atoms with E-state index in [1.165, 1.54) is 16.0 Å². The van der Waals surface area contributed by atoms with Crippen molar-refractivity contribution in [1.29, 1.82) is 0 Å². The number of nitrogens with one attached hydrogen (secondary N) is 2. The van der Waals surface area contributed by atoms with E-state index in [0.29, 0.717) is 17.2 Å². The number of hydrogen-bond donors (Lipinski definition) is 2. The summed E-state index contributed by atoms with van der Waals surface area (Å²) in [7, 11) is 0. The van der Waals surface area contributed by atoms with Crippen LogP contribution in [-0.2, 0) is 6.18 Å². The first-order chi connectivity index (χ1) is 15.2. The molecule has 1 aliphatic heterocycles. The molecule has 32 heavy (non-hydrogen) atoms. The number of aromatic nitrogens is 3. The van der Waals surface area contributed by atoms with Crippen LogP contribution in [0.25, 0.3) is 27.8 Å². The standard InChI is InChI=1S/C25H27F3N4/c1-14(2)22-19-10-17(16-6-8-29-9-7-16)4-5-21(19)31-23(22)18-11-20(25(26,27)28)24-30-15(3)12-32(24)13-18/h4-5,10-14,16,29,31H,6-9H2,1-3H3. The summed E-state index contributed by atoms with van der Waals surface area (Å²) in [6.07, 6.45) is 1.11. The molecule has 0 aliphatic carbocycles. The molecule has 0 saturated carbocycles. The zero-order chi connectivity index (χ0) is 22.6. The summed E-state index contributed by atoms with van der Waals surface area (Å²) in [5.41, 5.74) is 4.36. The SMILES string of the molecule is Cc1cn2cc(-c3[nH]c4ccc(C5CCNCC5)cc4c3C(C)C)cc(C(F)(F)F)c2n1. The molecule has 2 N–H and O–H groups in total. The molecule has 4 aromatic rings. The van der Waals surface area contributed by atoms with Crippen molar-refractivity contribution in [2.75, 3.05) is 13.1 Å². The second kappa shape index (κ2) is 7.66. The fraction of sp³-hybridized carbons (Fsp3) is 0.400. The topological polar surface area (TPSA) is 45.1 Å². The van der Waals surface area contributed by atoms with E-state index in [9.17, 15) is 13.2 Å². The molecule has 0 bridgehead atoms. The van der Waals surface area contributed by atoms with Crippen molar-refractivity contribution in [3.8, 4) is 11.3 Å². The third-order valence-corrected chi connectivity index (χ3v) is 6.52. The number of nitrogens with zero attached hydrogens (tertiary/aromatic N) is 2. The van der Waals surface area contributed by atoms with E-state index < -0.39 is 11.7 Å². The van der Waals surface area contributed by atoms with Gasteiger partial charge in [0.15, 0.2) is 0 Å². The molecule has 168 valence electrons. The summed E-state index contributed by atoms with van der Waals surface area (Å²) in [5.74, 6) is 0.665. The van der Waals surface area contributed by atoms with Crippen molar-refractivity contribution in [2.45, 2.75) is 51.6 Å². The number of alkyl halides is 3. The predicted molar refractivity (Wildman–Crippen MR) is 121 cm³/mol. The van der Waals surface area contributed by atoms with E-state index in [0.717, 1.165) is 48.1 Å². The number of aryl methyl sites for hydroxylation is 1. The van der Waals surface area contributed by atoms with Crippen LogP contribution >= 0.6 is 0 Å². The van der Waals surface area contributed by atoms with Gasteiger partial charge in [-0.25, -0.2) is 4.98 Å². The van der Waals surface area contributed by atoms with Gasteiger partial charge in [0, 0.05) is 28.9 Å². The van der Waals surface area contributed by atoms with Crippen LogP contribution in [0.1, 0.15) is 60.9 Å². The van der Waals surface area contributed by atoms with Crippen LogP contribution in [0, 0.1) is 6.92 Å². The minimum Gasteiger partial charge on any atom is -0.354 e. The number of rotatable bonds is 3. The van der Waals surface area contributed by atoms with E-state index in [1.54, 1.807) is 19.3 Å². The molecule has 0 spiro atoms. The first-order valence-electron chi connectivity index (χ1n) is 11.2. The van der Waals surface area contributed by atoms with E-state index in [-0.39, 0.29) is 11.6 Å². The molecule has 7 heteroatoms. The average Bonchev–Trinajstić information content (AvgIpc) is 3.31. The van der Waals surface area contributed by atoms with Gasteiger partial charge in [-0.05, 0) is 74.0 Å². The van der Waals surface area contributed by atoms with Crippen LogP contribution in [0.4, 0.5) is 13.2 Å². The summed E-state index contributed by atoms with van der Waals surface area (Å²) in [4.78, 5) is 7.53. The van der Waals surface area contributed by atoms with Gasteiger partial charge >= 0.3 is 6.18 Å². The monoisotopic (exact) mass is 440 g/mol. The van der Waals surface area contributed by atoms with Gasteiger partial charge in [-0.2, -0.15) is 13.2 Å². The molecule has 5 rings (SSSR count). The maximum Gasteiger partial charge on any atom is 0.420 e. The molecule has 3 aromatic heterocycles. The van der Waals surface area contributed by atoms with Gasteiger partial charge in [-0.3, -0.25) is 0 Å². The Balaban J connectivity index is 1.71. The molecule has 1 fully saturated rings. The number of H-pyrrole nitrogens is 1. The Morgan fingerprint density at radius 1 is 1.09 bits per heavy atom. The summed E-state index contributed by atoms with van der Waals surface area (Å²) >= 11 is 0. The molecule has 0 unspecified atom stereocenters. The highest BCUT2D eigenvalue weighted by atomic mass is 19.4. The third kappa shape index (κ3) is 3.58. The molecular formula is C25H27F3N4. The number of fused-ring (bicyclic) bond motifs is 2. The molecule has 0 radical (unpaired) electrons. The number of piperidine rings is 1. The Morgan fingerprint density at radius 2 is 1.84 bits per heavy atom. The summed E-state index contributed by atoms with van der Waals surface area (Å²) in [6.45, 7) is 7.92. The number of pyridine rings is 1. The van der Waals surface area contributed by atoms with E-state index >= 15 is 0 Å². The number of aromatic amines is 1. The number of benzene rings is 1. The zero-order valence-corrected chi connectivity index (χ0v) is 18.5. The lowest BCUT2D eigenvalue weighted by Gasteiger charge is -2.23. The highest BCUT2D eigenvalue weighted by Crippen LogP contribution is 2.40. The van der Waals surface area contributed by atoms with Crippen LogP contribution in [0.3, 0.4) is 0 Å². The Labute approximate surface area is 184 Å². The van der Waals surface area contributed by atoms with Crippen molar-refractivity contribution in [1.82, 2.24) is 19.7 Å². The minimum atomic E-state index is -4.48. The summed E-state index contributed by atoms with van der Waals surface area (Å²) in [6, 6.07) is 7.70. The zero-order valence-electron chi connectivity index (χ0n) is 18.5. The van der Waals surface area contributed by atoms with Gasteiger partial charge < -0.3 is 14.7 Å². The van der Waals surface area contributed by atoms with Crippen LogP contribution < -0.4 is 5.32 Å². The van der Waals surface area contributed by atoms with Crippen molar-refractivity contribution in [3.63, 3.8) is 0 Å². The second-order valence-corrected chi connectivity index (χ2v) is 9.15. The highest BCUT2D eigenvalue weighted by Gasteiger charge is 2.35. The molecule has 1 aromatic carbocycles. The Hall–Kier alpha value is -2.80. The molecule has 4 nitrogen and oxygen atoms in total. The van der Waals surface area contributed by atoms with E-state index in [4.69, 9.17) is 0 Å². The first kappa shape index (κ1) is 21.1. The lowest BCUT2D eigenvalue weighted by Crippen LogP contribution is -2.26. The van der Waals surface area contributed by atoms with Crippen LogP contribution in [0.15, 0.2) is 36.7 Å². The summed E-state index contributed by atoms with van der Waals surface area (Å²) in [5, 5.41) is 4.50. The van der Waals surface area contributed by atoms with Gasteiger partial charge in [0.1, 0.15) is 5.65 Å². The molecular weight excluding hydrogens is 413 g/mol. The lowest BCUT2D eigenvalue weighted by molar-refractivity contribution is -0.136. The summed E-state index contributed by atoms with van der Waals surface area (Å²) < 4.78 is 43.1. The van der Waals surface area contributed by atoms with Gasteiger partial charge in [-0.15, -0.1) is 0 Å². The molecule has 4 heterocycles. The van der Waals surface area contributed by atoms with Crippen molar-refractivity contribution in [2.24, 2.45) is 0 Å². The molecule has 1 saturated heterocycles. The van der Waals surface area contributed by atoms with Gasteiger partial charge in [0.25, 0.3) is 0 Å². The second-order valence-electron chi connectivity index (χ2n) is 9.15. The van der Waals surface area contributed by atoms with E-state index in [2.05, 4.69) is 47.3 Å². The van der Waals surface area contributed by atoms with Crippen molar-refractivity contribution >= 4 is 16.6 Å². The fourth-order valence-electron chi connectivity index (χ4n) is 5.03. The van der Waals surface area contributed by atoms with Gasteiger partial charge in [0.05, 0.1) is 17.0 Å². The molecule has 1 aliphatic rings. The third-order valence-electron chi connectivity index (χ3n) is 6.52. The largest absolute Gasteiger partial charge is 0.420 e. The number of imidazole rings is 1. The first-order valence-corrected chi connectivity index (χ1v) is 11.2. The maximum atomic E-state index is 13.9. The lowest BCUT2D eigenvalue weighted by atomic mass is 9.88. The Morgan fingerprint density at radius 3 is 2.53 bits per heavy atom. The number of halogens is 3. The molecule has 0 atom stereocenters. The van der Waals surface area contributed by atoms with Crippen LogP contribution in [-0.4, -0.2) is 27.5 Å². The van der Waals surface area contributed by atoms with Crippen molar-refractivity contribution in [3.05, 3.63) is 59.0 Å². The Bertz CT molecular complexity index is 1290. The normalized spacial score (nSPS) is 16.0. The van der Waals surface area contributed by atoms with Gasteiger partial charge in [-0.1, -0.05) is 19.9 Å².